The number of carboxylic acid groups (broad SMARTS) is 1. The standard InChI is InChI=1S/C30H48O3/c1-19(2)21-11-17-29(7)25(27(21,5)15-14-26(31)32)10-9-22-23(12-16-28(22,29)6)30(8)18-13-24(33-30)20(3)4/h21-25H,1,3,9-18H2,2,4-8H3,(H,31,32)/t21-,22+,23-,24-,25+,27+,28+,29+,30-/m0/s1. The first kappa shape index (κ1) is 25.0. The average Bonchev–Trinajstić information content (AvgIpc) is 3.29. The second kappa shape index (κ2) is 8.25. The molecule has 0 unspecified atom stereocenters. The Bertz CT molecular complexity index is 830. The molecule has 3 aliphatic carbocycles. The van der Waals surface area contributed by atoms with Crippen LogP contribution in [0.5, 0.6) is 0 Å². The lowest BCUT2D eigenvalue weighted by Crippen LogP contribution is -2.60. The zero-order valence-corrected chi connectivity index (χ0v) is 22.1. The van der Waals surface area contributed by atoms with E-state index in [-0.39, 0.29) is 29.0 Å². The summed E-state index contributed by atoms with van der Waals surface area (Å²) in [7, 11) is 0. The molecule has 4 fully saturated rings. The van der Waals surface area contributed by atoms with Gasteiger partial charge in [-0.15, -0.1) is 0 Å². The van der Waals surface area contributed by atoms with Crippen LogP contribution in [-0.4, -0.2) is 22.8 Å². The molecule has 33 heavy (non-hydrogen) atoms. The van der Waals surface area contributed by atoms with Gasteiger partial charge in [0.15, 0.2) is 0 Å². The smallest absolute Gasteiger partial charge is 0.303 e. The summed E-state index contributed by atoms with van der Waals surface area (Å²) >= 11 is 0. The van der Waals surface area contributed by atoms with Crippen LogP contribution in [0.25, 0.3) is 0 Å². The van der Waals surface area contributed by atoms with Crippen LogP contribution in [0.15, 0.2) is 24.3 Å². The summed E-state index contributed by atoms with van der Waals surface area (Å²) in [5.74, 6) is 1.63. The van der Waals surface area contributed by atoms with Crippen molar-refractivity contribution in [2.75, 3.05) is 0 Å². The van der Waals surface area contributed by atoms with Gasteiger partial charge in [-0.3, -0.25) is 4.79 Å². The second-order valence-corrected chi connectivity index (χ2v) is 13.4. The largest absolute Gasteiger partial charge is 0.481 e. The summed E-state index contributed by atoms with van der Waals surface area (Å²) in [6.07, 6.45) is 10.9. The Morgan fingerprint density at radius 3 is 2.12 bits per heavy atom. The number of allylic oxidation sites excluding steroid dienone is 1. The van der Waals surface area contributed by atoms with Crippen molar-refractivity contribution in [3.8, 4) is 0 Å². The fourth-order valence-electron chi connectivity index (χ4n) is 9.86. The Morgan fingerprint density at radius 2 is 1.55 bits per heavy atom. The lowest BCUT2D eigenvalue weighted by atomic mass is 9.38. The first-order valence-corrected chi connectivity index (χ1v) is 13.5. The highest BCUT2D eigenvalue weighted by Crippen LogP contribution is 2.74. The molecule has 0 aromatic heterocycles. The Labute approximate surface area is 202 Å². The molecule has 0 spiro atoms. The molecule has 4 rings (SSSR count). The third-order valence-corrected chi connectivity index (χ3v) is 11.8. The monoisotopic (exact) mass is 456 g/mol. The Kier molecular flexibility index (Phi) is 6.25. The maximum absolute atomic E-state index is 11.6. The van der Waals surface area contributed by atoms with E-state index in [1.54, 1.807) is 0 Å². The molecule has 0 radical (unpaired) electrons. The van der Waals surface area contributed by atoms with Gasteiger partial charge in [0.2, 0.25) is 0 Å². The predicted octanol–water partition coefficient (Wildman–Crippen LogP) is 7.81. The first-order valence-electron chi connectivity index (χ1n) is 13.5. The summed E-state index contributed by atoms with van der Waals surface area (Å²) in [4.78, 5) is 11.6. The zero-order chi connectivity index (χ0) is 24.4. The van der Waals surface area contributed by atoms with Gasteiger partial charge in [-0.1, -0.05) is 45.1 Å². The van der Waals surface area contributed by atoms with Crippen LogP contribution in [-0.2, 0) is 9.53 Å². The summed E-state index contributed by atoms with van der Waals surface area (Å²) in [5.41, 5.74) is 2.94. The van der Waals surface area contributed by atoms with E-state index in [9.17, 15) is 9.90 Å². The van der Waals surface area contributed by atoms with Crippen molar-refractivity contribution in [2.45, 2.75) is 117 Å². The van der Waals surface area contributed by atoms with Crippen LogP contribution in [0, 0.1) is 39.9 Å². The van der Waals surface area contributed by atoms with Crippen LogP contribution in [0.3, 0.4) is 0 Å². The van der Waals surface area contributed by atoms with E-state index in [0.717, 1.165) is 25.7 Å². The van der Waals surface area contributed by atoms with Crippen molar-refractivity contribution in [1.82, 2.24) is 0 Å². The van der Waals surface area contributed by atoms with E-state index in [2.05, 4.69) is 54.7 Å². The topological polar surface area (TPSA) is 46.5 Å². The quantitative estimate of drug-likeness (QED) is 0.415. The molecule has 1 heterocycles. The number of ether oxygens (including phenoxy) is 1. The van der Waals surface area contributed by atoms with Gasteiger partial charge in [-0.2, -0.15) is 0 Å². The highest BCUT2D eigenvalue weighted by Gasteiger charge is 2.67. The van der Waals surface area contributed by atoms with Crippen molar-refractivity contribution < 1.29 is 14.6 Å². The van der Waals surface area contributed by atoms with Gasteiger partial charge in [-0.25, -0.2) is 0 Å². The minimum Gasteiger partial charge on any atom is -0.481 e. The number of rotatable bonds is 6. The third kappa shape index (κ3) is 3.67. The molecular formula is C30H48O3. The number of hydrogen-bond acceptors (Lipinski definition) is 2. The fourth-order valence-corrected chi connectivity index (χ4v) is 9.86. The summed E-state index contributed by atoms with van der Waals surface area (Å²) in [6.45, 7) is 22.8. The van der Waals surface area contributed by atoms with Crippen molar-refractivity contribution in [3.05, 3.63) is 24.3 Å². The molecule has 0 aromatic rings. The van der Waals surface area contributed by atoms with Gasteiger partial charge in [0.25, 0.3) is 0 Å². The normalized spacial score (nSPS) is 49.3. The van der Waals surface area contributed by atoms with E-state index in [1.165, 1.54) is 43.3 Å². The van der Waals surface area contributed by atoms with Gasteiger partial charge < -0.3 is 9.84 Å². The van der Waals surface area contributed by atoms with Crippen LogP contribution in [0.4, 0.5) is 0 Å². The van der Waals surface area contributed by atoms with Gasteiger partial charge >= 0.3 is 5.97 Å². The molecule has 4 aliphatic rings. The van der Waals surface area contributed by atoms with E-state index >= 15 is 0 Å². The van der Waals surface area contributed by atoms with Crippen molar-refractivity contribution in [3.63, 3.8) is 0 Å². The summed E-state index contributed by atoms with van der Waals surface area (Å²) in [5, 5.41) is 9.55. The first-order chi connectivity index (χ1) is 15.3. The van der Waals surface area contributed by atoms with Crippen molar-refractivity contribution >= 4 is 5.97 Å². The van der Waals surface area contributed by atoms with Crippen LogP contribution >= 0.6 is 0 Å². The van der Waals surface area contributed by atoms with E-state index in [0.29, 0.717) is 29.1 Å². The second-order valence-electron chi connectivity index (χ2n) is 13.4. The molecule has 9 atom stereocenters. The van der Waals surface area contributed by atoms with Gasteiger partial charge in [0, 0.05) is 6.42 Å². The summed E-state index contributed by atoms with van der Waals surface area (Å²) in [6, 6.07) is 0. The van der Waals surface area contributed by atoms with Gasteiger partial charge in [0.05, 0.1) is 11.7 Å². The highest BCUT2D eigenvalue weighted by molar-refractivity contribution is 5.66. The van der Waals surface area contributed by atoms with E-state index in [1.807, 2.05) is 0 Å². The zero-order valence-electron chi connectivity index (χ0n) is 22.1. The maximum atomic E-state index is 11.6. The molecular weight excluding hydrogens is 408 g/mol. The van der Waals surface area contributed by atoms with Gasteiger partial charge in [-0.05, 0) is 118 Å². The molecule has 0 aromatic carbocycles. The molecule has 0 bridgehead atoms. The van der Waals surface area contributed by atoms with Crippen LogP contribution in [0.1, 0.15) is 106 Å². The molecule has 3 saturated carbocycles. The SMILES string of the molecule is C=C(C)[C@@H]1CC[C@@](C)([C@H]2CC[C@]3(C)[C@@H]2CC[C@@H]2[C@](C)(CCC(=O)O)[C@H](C(=C)C)CC[C@]23C)O1. The molecule has 3 heteroatoms. The minimum absolute atomic E-state index is 0.0160. The van der Waals surface area contributed by atoms with Gasteiger partial charge in [0.1, 0.15) is 0 Å². The average molecular weight is 457 g/mol. The Morgan fingerprint density at radius 1 is 0.879 bits per heavy atom. The molecule has 0 amide bonds. The van der Waals surface area contributed by atoms with E-state index < -0.39 is 5.97 Å². The maximum Gasteiger partial charge on any atom is 0.303 e. The predicted molar refractivity (Wildman–Crippen MR) is 135 cm³/mol. The third-order valence-electron chi connectivity index (χ3n) is 11.8. The molecule has 1 aliphatic heterocycles. The minimum atomic E-state index is -0.664. The lowest BCUT2D eigenvalue weighted by molar-refractivity contribution is -0.180. The van der Waals surface area contributed by atoms with Crippen LogP contribution < -0.4 is 0 Å². The van der Waals surface area contributed by atoms with Crippen LogP contribution in [0.2, 0.25) is 0 Å². The number of aliphatic carboxylic acids is 1. The fraction of sp³-hybridized carbons (Fsp3) is 0.833. The molecule has 3 nitrogen and oxygen atoms in total. The molecule has 1 saturated heterocycles. The highest BCUT2D eigenvalue weighted by atomic mass is 16.5. The van der Waals surface area contributed by atoms with Crippen molar-refractivity contribution in [2.24, 2.45) is 39.9 Å². The summed E-state index contributed by atoms with van der Waals surface area (Å²) < 4.78 is 6.74. The number of carbonyl (C=O) groups is 1. The number of hydrogen-bond donors (Lipinski definition) is 1. The lowest BCUT2D eigenvalue weighted by Gasteiger charge is -2.66. The Hall–Kier alpha value is -1.09. The number of carboxylic acids is 1. The number of fused-ring (bicyclic) bond motifs is 3. The Balaban J connectivity index is 1.65. The van der Waals surface area contributed by atoms with Crippen molar-refractivity contribution in [1.29, 1.82) is 0 Å². The van der Waals surface area contributed by atoms with E-state index in [4.69, 9.17) is 4.74 Å². The molecule has 1 N–H and O–H groups in total. The molecule has 186 valence electrons.